The average Bonchev–Trinajstić information content (AvgIpc) is 2.29. The Bertz CT molecular complexity index is 394. The molecule has 1 N–H and O–H groups in total. The molecule has 4 nitrogen and oxygen atoms in total. The van der Waals surface area contributed by atoms with Crippen LogP contribution in [0.3, 0.4) is 0 Å². The summed E-state index contributed by atoms with van der Waals surface area (Å²) < 4.78 is 5.22. The molecule has 0 saturated carbocycles. The number of para-hydroxylation sites is 1. The van der Waals surface area contributed by atoms with Gasteiger partial charge in [-0.05, 0) is 18.6 Å². The third-order valence-electron chi connectivity index (χ3n) is 1.95. The molecule has 1 aromatic rings. The van der Waals surface area contributed by atoms with Crippen molar-refractivity contribution in [2.45, 2.75) is 13.3 Å². The first-order valence-corrected chi connectivity index (χ1v) is 4.63. The number of ether oxygens (including phenoxy) is 1. The van der Waals surface area contributed by atoms with Crippen molar-refractivity contribution in [3.63, 3.8) is 0 Å². The number of nitriles is 1. The highest BCUT2D eigenvalue weighted by atomic mass is 16.5. The topological polar surface area (TPSA) is 65.6 Å². The van der Waals surface area contributed by atoms with Crippen molar-refractivity contribution in [1.82, 2.24) is 0 Å². The van der Waals surface area contributed by atoms with Crippen molar-refractivity contribution in [1.29, 1.82) is 5.26 Å². The van der Waals surface area contributed by atoms with E-state index in [1.165, 1.54) is 0 Å². The van der Waals surface area contributed by atoms with Crippen molar-refractivity contribution >= 4 is 5.71 Å². The fraction of sp³-hybridized carbons (Fsp3) is 0.273. The molecule has 0 heterocycles. The molecule has 0 unspecified atom stereocenters. The third-order valence-corrected chi connectivity index (χ3v) is 1.95. The van der Waals surface area contributed by atoms with Gasteiger partial charge in [0.1, 0.15) is 11.8 Å². The summed E-state index contributed by atoms with van der Waals surface area (Å²) in [6, 6.07) is 9.07. The first-order chi connectivity index (χ1) is 7.33. The molecule has 15 heavy (non-hydrogen) atoms. The smallest absolute Gasteiger partial charge is 0.174 e. The number of oxime groups is 1. The van der Waals surface area contributed by atoms with E-state index >= 15 is 0 Å². The Morgan fingerprint density at radius 3 is 2.87 bits per heavy atom. The maximum absolute atomic E-state index is 8.80. The minimum absolute atomic E-state index is 0.0144. The fourth-order valence-corrected chi connectivity index (χ4v) is 1.26. The normalized spacial score (nSPS) is 10.8. The molecule has 0 saturated heterocycles. The number of hydrogen-bond acceptors (Lipinski definition) is 4. The minimum atomic E-state index is -0.0144. The molecule has 78 valence electrons. The summed E-state index contributed by atoms with van der Waals surface area (Å²) in [5.41, 5.74) is 1.27. The van der Waals surface area contributed by atoms with Gasteiger partial charge in [-0.3, -0.25) is 0 Å². The van der Waals surface area contributed by atoms with E-state index in [1.54, 1.807) is 18.2 Å². The highest BCUT2D eigenvalue weighted by Crippen LogP contribution is 2.19. The molecule has 0 spiro atoms. The molecular formula is C11H12N2O2. The standard InChI is InChI=1S/C11H12N2O2/c1-2-10(13-14)9-5-3-4-6-11(9)15-8-7-12/h3-6,14H,2,8H2,1H3/b13-10+. The third kappa shape index (κ3) is 2.71. The van der Waals surface area contributed by atoms with Crippen molar-refractivity contribution in [2.75, 3.05) is 6.61 Å². The van der Waals surface area contributed by atoms with Crippen LogP contribution in [0.2, 0.25) is 0 Å². The monoisotopic (exact) mass is 204 g/mol. The molecule has 0 radical (unpaired) electrons. The van der Waals surface area contributed by atoms with Gasteiger partial charge in [-0.25, -0.2) is 0 Å². The lowest BCUT2D eigenvalue weighted by Crippen LogP contribution is -2.04. The molecule has 0 bridgehead atoms. The summed E-state index contributed by atoms with van der Waals surface area (Å²) in [5.74, 6) is 0.564. The van der Waals surface area contributed by atoms with Gasteiger partial charge in [-0.1, -0.05) is 24.2 Å². The van der Waals surface area contributed by atoms with Crippen LogP contribution in [0.4, 0.5) is 0 Å². The van der Waals surface area contributed by atoms with Gasteiger partial charge in [0.25, 0.3) is 0 Å². The molecule has 0 aliphatic heterocycles. The SMILES string of the molecule is CC/C(=N\O)c1ccccc1OCC#N. The van der Waals surface area contributed by atoms with Gasteiger partial charge in [0.2, 0.25) is 0 Å². The van der Waals surface area contributed by atoms with Crippen LogP contribution in [0.25, 0.3) is 0 Å². The zero-order valence-corrected chi connectivity index (χ0v) is 8.47. The van der Waals surface area contributed by atoms with Gasteiger partial charge in [0.05, 0.1) is 5.71 Å². The van der Waals surface area contributed by atoms with Crippen LogP contribution in [0.5, 0.6) is 5.75 Å². The van der Waals surface area contributed by atoms with E-state index in [0.717, 1.165) is 5.56 Å². The summed E-state index contributed by atoms with van der Waals surface area (Å²) in [6.07, 6.45) is 0.601. The lowest BCUT2D eigenvalue weighted by atomic mass is 10.1. The first kappa shape index (κ1) is 11.1. The largest absolute Gasteiger partial charge is 0.478 e. The van der Waals surface area contributed by atoms with Gasteiger partial charge in [0.15, 0.2) is 6.61 Å². The van der Waals surface area contributed by atoms with Crippen LogP contribution in [0.1, 0.15) is 18.9 Å². The van der Waals surface area contributed by atoms with Crippen LogP contribution >= 0.6 is 0 Å². The highest BCUT2D eigenvalue weighted by molar-refractivity contribution is 6.02. The van der Waals surface area contributed by atoms with E-state index in [2.05, 4.69) is 5.16 Å². The second-order valence-corrected chi connectivity index (χ2v) is 2.84. The highest BCUT2D eigenvalue weighted by Gasteiger charge is 2.08. The van der Waals surface area contributed by atoms with E-state index < -0.39 is 0 Å². The number of hydrogen-bond donors (Lipinski definition) is 1. The van der Waals surface area contributed by atoms with Crippen molar-refractivity contribution in [2.24, 2.45) is 5.16 Å². The Kier molecular flexibility index (Phi) is 4.17. The summed E-state index contributed by atoms with van der Waals surface area (Å²) in [4.78, 5) is 0. The van der Waals surface area contributed by atoms with E-state index in [1.807, 2.05) is 19.1 Å². The average molecular weight is 204 g/mol. The van der Waals surface area contributed by atoms with Crippen LogP contribution in [0, 0.1) is 11.3 Å². The molecule has 4 heteroatoms. The van der Waals surface area contributed by atoms with Gasteiger partial charge in [-0.2, -0.15) is 5.26 Å². The molecule has 0 aliphatic carbocycles. The Morgan fingerprint density at radius 1 is 1.53 bits per heavy atom. The molecule has 0 aliphatic rings. The summed E-state index contributed by atoms with van der Waals surface area (Å²) in [5, 5.41) is 20.4. The van der Waals surface area contributed by atoms with E-state index in [-0.39, 0.29) is 6.61 Å². The number of nitrogens with zero attached hydrogens (tertiary/aromatic N) is 2. The maximum Gasteiger partial charge on any atom is 0.174 e. The van der Waals surface area contributed by atoms with E-state index in [0.29, 0.717) is 17.9 Å². The molecule has 1 rings (SSSR count). The minimum Gasteiger partial charge on any atom is -0.478 e. The Labute approximate surface area is 88.4 Å². The molecule has 0 amide bonds. The first-order valence-electron chi connectivity index (χ1n) is 4.63. The van der Waals surface area contributed by atoms with Crippen LogP contribution in [0.15, 0.2) is 29.4 Å². The Hall–Kier alpha value is -2.02. The summed E-state index contributed by atoms with van der Waals surface area (Å²) >= 11 is 0. The quantitative estimate of drug-likeness (QED) is 0.464. The molecule has 0 fully saturated rings. The van der Waals surface area contributed by atoms with Crippen molar-refractivity contribution in [3.8, 4) is 11.8 Å². The number of benzene rings is 1. The molecular weight excluding hydrogens is 192 g/mol. The van der Waals surface area contributed by atoms with E-state index in [9.17, 15) is 0 Å². The van der Waals surface area contributed by atoms with Gasteiger partial charge in [0, 0.05) is 5.56 Å². The Balaban J connectivity index is 3.01. The van der Waals surface area contributed by atoms with Crippen molar-refractivity contribution < 1.29 is 9.94 Å². The number of rotatable bonds is 4. The molecule has 0 aromatic heterocycles. The fourth-order valence-electron chi connectivity index (χ4n) is 1.26. The van der Waals surface area contributed by atoms with E-state index in [4.69, 9.17) is 15.2 Å². The van der Waals surface area contributed by atoms with Gasteiger partial charge >= 0.3 is 0 Å². The summed E-state index contributed by atoms with van der Waals surface area (Å²) in [7, 11) is 0. The second-order valence-electron chi connectivity index (χ2n) is 2.84. The maximum atomic E-state index is 8.80. The Morgan fingerprint density at radius 2 is 2.27 bits per heavy atom. The predicted octanol–water partition coefficient (Wildman–Crippen LogP) is 2.18. The van der Waals surface area contributed by atoms with Crippen LogP contribution in [-0.2, 0) is 0 Å². The van der Waals surface area contributed by atoms with Crippen LogP contribution < -0.4 is 4.74 Å². The lowest BCUT2D eigenvalue weighted by molar-refractivity contribution is 0.317. The van der Waals surface area contributed by atoms with Gasteiger partial charge in [-0.15, -0.1) is 0 Å². The van der Waals surface area contributed by atoms with Crippen LogP contribution in [-0.4, -0.2) is 17.5 Å². The van der Waals surface area contributed by atoms with Gasteiger partial charge < -0.3 is 9.94 Å². The predicted molar refractivity (Wildman–Crippen MR) is 56.2 cm³/mol. The second kappa shape index (κ2) is 5.66. The zero-order valence-electron chi connectivity index (χ0n) is 8.47. The van der Waals surface area contributed by atoms with Crippen molar-refractivity contribution in [3.05, 3.63) is 29.8 Å². The summed E-state index contributed by atoms with van der Waals surface area (Å²) in [6.45, 7) is 1.87. The zero-order chi connectivity index (χ0) is 11.1. The molecule has 0 atom stereocenters. The molecule has 1 aromatic carbocycles. The lowest BCUT2D eigenvalue weighted by Gasteiger charge is -2.08.